The second-order valence-corrected chi connectivity index (χ2v) is 3.11. The standard InChI is InChI=1S/C9H7.3CH3NO2.Zr/c1-2-5-9-7-3-6-8(9)4-1;3*2-1(3)4;/h1-7H;3*2H2,(H,3,4);/q-1;;;;+4/p-3. The molecule has 0 heterocycles. The van der Waals surface area contributed by atoms with Crippen molar-refractivity contribution in [2.45, 2.75) is 0 Å². The molecule has 22 heavy (non-hydrogen) atoms. The summed E-state index contributed by atoms with van der Waals surface area (Å²) < 4.78 is 0. The van der Waals surface area contributed by atoms with Crippen LogP contribution in [0.5, 0.6) is 0 Å². The first kappa shape index (κ1) is 24.5. The summed E-state index contributed by atoms with van der Waals surface area (Å²) in [6, 6.07) is 14.7. The van der Waals surface area contributed by atoms with E-state index >= 15 is 0 Å². The van der Waals surface area contributed by atoms with Crippen LogP contribution in [0.1, 0.15) is 0 Å². The number of nitrogens with two attached hydrogens (primary N) is 3. The topological polar surface area (TPSA) is 198 Å². The number of rotatable bonds is 0. The van der Waals surface area contributed by atoms with Gasteiger partial charge >= 0.3 is 26.2 Å². The second-order valence-electron chi connectivity index (χ2n) is 3.11. The molecule has 0 aliphatic heterocycles. The Bertz CT molecular complexity index is 502. The molecular formula is C12H13N3O6Zr. The molecule has 0 saturated carbocycles. The predicted molar refractivity (Wildman–Crippen MR) is 68.3 cm³/mol. The first-order chi connectivity index (χ1) is 9.66. The zero-order valence-corrected chi connectivity index (χ0v) is 13.7. The summed E-state index contributed by atoms with van der Waals surface area (Å²) in [4.78, 5) is 26.0. The molecule has 0 spiro atoms. The van der Waals surface area contributed by atoms with Crippen molar-refractivity contribution in [3.8, 4) is 0 Å². The zero-order valence-electron chi connectivity index (χ0n) is 11.2. The number of amides is 3. The summed E-state index contributed by atoms with van der Waals surface area (Å²) in [5.41, 5.74) is 11.8. The fraction of sp³-hybridized carbons (Fsp3) is 0. The molecule has 0 bridgehead atoms. The fourth-order valence-corrected chi connectivity index (χ4v) is 1.07. The van der Waals surface area contributed by atoms with E-state index < -0.39 is 18.3 Å². The van der Waals surface area contributed by atoms with E-state index in [2.05, 4.69) is 59.7 Å². The minimum absolute atomic E-state index is 0. The van der Waals surface area contributed by atoms with Crippen LogP contribution >= 0.6 is 0 Å². The number of fused-ring (bicyclic) bond motifs is 1. The number of primary amides is 3. The van der Waals surface area contributed by atoms with Crippen LogP contribution < -0.4 is 32.5 Å². The Hall–Kier alpha value is -2.48. The molecule has 3 amide bonds. The van der Waals surface area contributed by atoms with Crippen LogP contribution in [0.15, 0.2) is 42.5 Å². The van der Waals surface area contributed by atoms with Crippen LogP contribution in [-0.2, 0) is 26.2 Å². The fourth-order valence-electron chi connectivity index (χ4n) is 1.07. The summed E-state index contributed by atoms with van der Waals surface area (Å²) in [5, 5.41) is 28.7. The normalized spacial score (nSPS) is 7.45. The molecule has 2 rings (SSSR count). The van der Waals surface area contributed by atoms with Crippen molar-refractivity contribution in [1.29, 1.82) is 0 Å². The van der Waals surface area contributed by atoms with Gasteiger partial charge in [0.1, 0.15) is 18.3 Å². The molecule has 0 saturated heterocycles. The average Bonchev–Trinajstić information content (AvgIpc) is 2.74. The molecule has 2 aromatic carbocycles. The van der Waals surface area contributed by atoms with Gasteiger partial charge in [0.15, 0.2) is 0 Å². The van der Waals surface area contributed by atoms with E-state index in [0.717, 1.165) is 0 Å². The van der Waals surface area contributed by atoms with Crippen molar-refractivity contribution in [1.82, 2.24) is 0 Å². The predicted octanol–water partition coefficient (Wildman–Crippen LogP) is -2.58. The second kappa shape index (κ2) is 14.9. The molecule has 0 atom stereocenters. The summed E-state index contributed by atoms with van der Waals surface area (Å²) in [5.74, 6) is 0. The van der Waals surface area contributed by atoms with Crippen molar-refractivity contribution in [3.05, 3.63) is 42.5 Å². The smallest absolute Gasteiger partial charge is 0.530 e. The molecule has 0 aliphatic carbocycles. The van der Waals surface area contributed by atoms with Gasteiger partial charge in [0.05, 0.1) is 0 Å². The van der Waals surface area contributed by atoms with Crippen LogP contribution in [-0.4, -0.2) is 18.3 Å². The van der Waals surface area contributed by atoms with Crippen LogP contribution in [0, 0.1) is 0 Å². The third kappa shape index (κ3) is 22.7. The molecule has 116 valence electrons. The van der Waals surface area contributed by atoms with Gasteiger partial charge in [0, 0.05) is 0 Å². The molecule has 0 aliphatic rings. The maximum absolute atomic E-state index is 8.67. The van der Waals surface area contributed by atoms with Crippen LogP contribution in [0.3, 0.4) is 0 Å². The van der Waals surface area contributed by atoms with E-state index in [-0.39, 0.29) is 26.2 Å². The number of carboxylic acid groups (broad SMARTS) is 3. The van der Waals surface area contributed by atoms with E-state index in [0.29, 0.717) is 0 Å². The Morgan fingerprint density at radius 1 is 0.818 bits per heavy atom. The van der Waals surface area contributed by atoms with E-state index in [1.807, 2.05) is 0 Å². The first-order valence-corrected chi connectivity index (χ1v) is 5.16. The van der Waals surface area contributed by atoms with Gasteiger partial charge in [-0.3, -0.25) is 0 Å². The van der Waals surface area contributed by atoms with Gasteiger partial charge in [-0.25, -0.2) is 0 Å². The molecule has 0 aromatic heterocycles. The zero-order chi connectivity index (χ0) is 16.8. The van der Waals surface area contributed by atoms with Crippen LogP contribution in [0.2, 0.25) is 0 Å². The van der Waals surface area contributed by atoms with Gasteiger partial charge in [0.2, 0.25) is 0 Å². The minimum atomic E-state index is -1.58. The SMILES string of the molecule is NC(=O)[O-].NC(=O)[O-].NC(=O)[O-].[Zr+4].c1ccc2[cH-]ccc2c1. The van der Waals surface area contributed by atoms with Crippen LogP contribution in [0.4, 0.5) is 14.4 Å². The van der Waals surface area contributed by atoms with Crippen molar-refractivity contribution in [2.24, 2.45) is 17.2 Å². The van der Waals surface area contributed by atoms with E-state index in [9.17, 15) is 0 Å². The Morgan fingerprint density at radius 2 is 1.18 bits per heavy atom. The van der Waals surface area contributed by atoms with Crippen molar-refractivity contribution >= 4 is 29.1 Å². The number of carbonyl (C=O) groups excluding carboxylic acids is 3. The minimum Gasteiger partial charge on any atom is -0.530 e. The van der Waals surface area contributed by atoms with E-state index in [1.54, 1.807) is 0 Å². The average molecular weight is 386 g/mol. The number of carbonyl (C=O) groups is 3. The van der Waals surface area contributed by atoms with Crippen LogP contribution in [0.25, 0.3) is 10.8 Å². The molecule has 10 heteroatoms. The maximum atomic E-state index is 8.67. The summed E-state index contributed by atoms with van der Waals surface area (Å²) >= 11 is 0. The number of benzene rings is 1. The third-order valence-electron chi connectivity index (χ3n) is 1.55. The summed E-state index contributed by atoms with van der Waals surface area (Å²) in [7, 11) is 0. The number of hydrogen-bond acceptors (Lipinski definition) is 6. The van der Waals surface area contributed by atoms with Crippen molar-refractivity contribution in [2.75, 3.05) is 0 Å². The molecule has 6 N–H and O–H groups in total. The Morgan fingerprint density at radius 3 is 1.55 bits per heavy atom. The van der Waals surface area contributed by atoms with Gasteiger partial charge in [-0.05, 0) is 0 Å². The first-order valence-electron chi connectivity index (χ1n) is 5.16. The van der Waals surface area contributed by atoms with Gasteiger partial charge in [0.25, 0.3) is 0 Å². The monoisotopic (exact) mass is 385 g/mol. The largest absolute Gasteiger partial charge is 4.00 e. The molecule has 0 fully saturated rings. The van der Waals surface area contributed by atoms with Gasteiger partial charge < -0.3 is 46.9 Å². The molecule has 0 radical (unpaired) electrons. The Labute approximate surface area is 144 Å². The quantitative estimate of drug-likeness (QED) is 0.415. The molecule has 2 aromatic rings. The number of hydrogen-bond donors (Lipinski definition) is 3. The molecule has 0 unspecified atom stereocenters. The van der Waals surface area contributed by atoms with Gasteiger partial charge in [-0.1, -0.05) is 6.07 Å². The Balaban J connectivity index is -0.000000241. The van der Waals surface area contributed by atoms with Crippen molar-refractivity contribution in [3.63, 3.8) is 0 Å². The van der Waals surface area contributed by atoms with Crippen molar-refractivity contribution < 1.29 is 55.9 Å². The molecular weight excluding hydrogens is 373 g/mol. The van der Waals surface area contributed by atoms with E-state index in [1.165, 1.54) is 10.8 Å². The third-order valence-corrected chi connectivity index (χ3v) is 1.55. The van der Waals surface area contributed by atoms with E-state index in [4.69, 9.17) is 29.7 Å². The summed E-state index contributed by atoms with van der Waals surface area (Å²) in [6.07, 6.45) is -4.75. The summed E-state index contributed by atoms with van der Waals surface area (Å²) in [6.45, 7) is 0. The maximum Gasteiger partial charge on any atom is 4.00 e. The Kier molecular flexibility index (Phi) is 16.6. The van der Waals surface area contributed by atoms with Gasteiger partial charge in [-0.15, -0.1) is 29.7 Å². The molecule has 9 nitrogen and oxygen atoms in total. The van der Waals surface area contributed by atoms with Gasteiger partial charge in [-0.2, -0.15) is 17.5 Å².